The monoisotopic (exact) mass is 254 g/mol. The minimum absolute atomic E-state index is 0.205. The van der Waals surface area contributed by atoms with Crippen molar-refractivity contribution in [3.8, 4) is 5.75 Å². The lowest BCUT2D eigenvalue weighted by Gasteiger charge is -2.29. The summed E-state index contributed by atoms with van der Waals surface area (Å²) in [5, 5.41) is 8.79. The van der Waals surface area contributed by atoms with E-state index >= 15 is 0 Å². The Morgan fingerprint density at radius 2 is 1.67 bits per heavy atom. The predicted molar refractivity (Wildman–Crippen MR) is 65.7 cm³/mol. The molecule has 1 aromatic carbocycles. The van der Waals surface area contributed by atoms with Gasteiger partial charge in [-0.3, -0.25) is 0 Å². The van der Waals surface area contributed by atoms with E-state index in [-0.39, 0.29) is 5.56 Å². The van der Waals surface area contributed by atoms with Crippen molar-refractivity contribution in [2.45, 2.75) is 26.7 Å². The molecule has 0 fully saturated rings. The largest absolute Gasteiger partial charge is 0.478 e. The van der Waals surface area contributed by atoms with Gasteiger partial charge in [-0.2, -0.15) is 0 Å². The molecule has 5 nitrogen and oxygen atoms in total. The first kappa shape index (κ1) is 14.5. The topological polar surface area (TPSA) is 65.0 Å². The Labute approximate surface area is 106 Å². The fourth-order valence-corrected chi connectivity index (χ4v) is 1.50. The van der Waals surface area contributed by atoms with Crippen LogP contribution in [0.5, 0.6) is 5.75 Å². The molecular formula is C13H18O5. The van der Waals surface area contributed by atoms with Gasteiger partial charge in [-0.15, -0.1) is 0 Å². The van der Waals surface area contributed by atoms with Gasteiger partial charge < -0.3 is 19.3 Å². The van der Waals surface area contributed by atoms with Gasteiger partial charge in [-0.1, -0.05) is 0 Å². The Morgan fingerprint density at radius 3 is 2.06 bits per heavy atom. The van der Waals surface area contributed by atoms with Crippen LogP contribution in [-0.2, 0) is 9.47 Å². The van der Waals surface area contributed by atoms with Crippen molar-refractivity contribution in [1.29, 1.82) is 0 Å². The van der Waals surface area contributed by atoms with Crippen molar-refractivity contribution in [2.75, 3.05) is 13.2 Å². The Balaban J connectivity index is 2.77. The molecule has 0 amide bonds. The zero-order valence-electron chi connectivity index (χ0n) is 10.8. The molecule has 0 aromatic heterocycles. The molecule has 0 bridgehead atoms. The maximum atomic E-state index is 10.7. The average molecular weight is 254 g/mol. The number of carbonyl (C=O) groups is 1. The second-order valence-corrected chi connectivity index (χ2v) is 3.66. The van der Waals surface area contributed by atoms with E-state index in [4.69, 9.17) is 19.3 Å². The van der Waals surface area contributed by atoms with Gasteiger partial charge in [0.05, 0.1) is 18.8 Å². The highest BCUT2D eigenvalue weighted by atomic mass is 16.9. The molecule has 18 heavy (non-hydrogen) atoms. The van der Waals surface area contributed by atoms with Crippen LogP contribution in [0.2, 0.25) is 0 Å². The van der Waals surface area contributed by atoms with E-state index in [2.05, 4.69) is 0 Å². The number of ether oxygens (including phenoxy) is 3. The van der Waals surface area contributed by atoms with Crippen LogP contribution in [-0.4, -0.2) is 30.3 Å². The highest BCUT2D eigenvalue weighted by Gasteiger charge is 2.27. The first-order chi connectivity index (χ1) is 8.50. The molecule has 0 unspecified atom stereocenters. The van der Waals surface area contributed by atoms with Crippen LogP contribution in [0, 0.1) is 0 Å². The molecule has 1 rings (SSSR count). The van der Waals surface area contributed by atoms with Crippen molar-refractivity contribution in [1.82, 2.24) is 0 Å². The Bertz CT molecular complexity index is 379. The summed E-state index contributed by atoms with van der Waals surface area (Å²) in [7, 11) is 0. The standard InChI is InChI=1S/C13H18O5/c1-4-16-13(3,17-5-2)18-11-8-6-10(7-9-11)12(14)15/h6-9H,4-5H2,1-3H3,(H,14,15). The lowest BCUT2D eigenvalue weighted by molar-refractivity contribution is -0.328. The van der Waals surface area contributed by atoms with Crippen LogP contribution in [0.25, 0.3) is 0 Å². The molecule has 0 aliphatic heterocycles. The fraction of sp³-hybridized carbons (Fsp3) is 0.462. The highest BCUT2D eigenvalue weighted by Crippen LogP contribution is 2.21. The van der Waals surface area contributed by atoms with E-state index < -0.39 is 11.9 Å². The summed E-state index contributed by atoms with van der Waals surface area (Å²) in [6.07, 6.45) is 0. The van der Waals surface area contributed by atoms with Crippen LogP contribution in [0.3, 0.4) is 0 Å². The summed E-state index contributed by atoms with van der Waals surface area (Å²) in [5.74, 6) is -1.64. The minimum Gasteiger partial charge on any atom is -0.478 e. The summed E-state index contributed by atoms with van der Waals surface area (Å²) < 4.78 is 16.4. The van der Waals surface area contributed by atoms with Gasteiger partial charge in [-0.05, 0) is 38.1 Å². The molecule has 5 heteroatoms. The number of aromatic carboxylic acids is 1. The number of hydrogen-bond donors (Lipinski definition) is 1. The molecule has 0 saturated heterocycles. The van der Waals surface area contributed by atoms with Crippen molar-refractivity contribution < 1.29 is 24.1 Å². The van der Waals surface area contributed by atoms with Crippen LogP contribution in [0.1, 0.15) is 31.1 Å². The Kier molecular flexibility index (Phi) is 5.12. The number of rotatable bonds is 7. The van der Waals surface area contributed by atoms with Crippen molar-refractivity contribution >= 4 is 5.97 Å². The second kappa shape index (κ2) is 6.37. The zero-order valence-corrected chi connectivity index (χ0v) is 10.8. The van der Waals surface area contributed by atoms with Crippen LogP contribution in [0.4, 0.5) is 0 Å². The molecule has 0 aliphatic rings. The molecule has 0 radical (unpaired) electrons. The third-order valence-corrected chi connectivity index (χ3v) is 2.22. The normalized spacial score (nSPS) is 11.3. The van der Waals surface area contributed by atoms with E-state index in [0.717, 1.165) is 0 Å². The first-order valence-electron chi connectivity index (χ1n) is 5.81. The van der Waals surface area contributed by atoms with E-state index in [1.165, 1.54) is 12.1 Å². The van der Waals surface area contributed by atoms with Gasteiger partial charge >= 0.3 is 11.9 Å². The minimum atomic E-state index is -1.16. The predicted octanol–water partition coefficient (Wildman–Crippen LogP) is 2.51. The molecule has 0 saturated carbocycles. The average Bonchev–Trinajstić information content (AvgIpc) is 2.30. The Hall–Kier alpha value is -1.59. The van der Waals surface area contributed by atoms with Crippen LogP contribution in [0.15, 0.2) is 24.3 Å². The summed E-state index contributed by atoms with van der Waals surface area (Å²) in [4.78, 5) is 10.7. The van der Waals surface area contributed by atoms with Gasteiger partial charge in [0.15, 0.2) is 0 Å². The summed E-state index contributed by atoms with van der Waals surface area (Å²) in [6.45, 7) is 6.25. The van der Waals surface area contributed by atoms with E-state index in [1.54, 1.807) is 19.1 Å². The molecule has 0 atom stereocenters. The molecule has 0 heterocycles. The maximum absolute atomic E-state index is 10.7. The van der Waals surface area contributed by atoms with E-state index in [0.29, 0.717) is 19.0 Å². The molecule has 0 aliphatic carbocycles. The smallest absolute Gasteiger partial charge is 0.335 e. The van der Waals surface area contributed by atoms with E-state index in [9.17, 15) is 4.79 Å². The Morgan fingerprint density at radius 1 is 1.17 bits per heavy atom. The van der Waals surface area contributed by atoms with E-state index in [1.807, 2.05) is 13.8 Å². The summed E-state index contributed by atoms with van der Waals surface area (Å²) in [5.41, 5.74) is 0.205. The molecule has 100 valence electrons. The van der Waals surface area contributed by atoms with Crippen LogP contribution >= 0.6 is 0 Å². The molecule has 1 N–H and O–H groups in total. The first-order valence-corrected chi connectivity index (χ1v) is 5.81. The number of carboxylic acid groups (broad SMARTS) is 1. The van der Waals surface area contributed by atoms with Crippen LogP contribution < -0.4 is 4.74 Å². The van der Waals surface area contributed by atoms with Gasteiger partial charge in [0.1, 0.15) is 5.75 Å². The molecule has 1 aromatic rings. The summed E-state index contributed by atoms with van der Waals surface area (Å²) in [6, 6.07) is 6.07. The number of hydrogen-bond acceptors (Lipinski definition) is 4. The van der Waals surface area contributed by atoms with Gasteiger partial charge in [-0.25, -0.2) is 4.79 Å². The van der Waals surface area contributed by atoms with Crippen molar-refractivity contribution in [3.63, 3.8) is 0 Å². The zero-order chi connectivity index (χ0) is 13.6. The summed E-state index contributed by atoms with van der Waals surface area (Å²) >= 11 is 0. The maximum Gasteiger partial charge on any atom is 0.335 e. The SMILES string of the molecule is CCOC(C)(OCC)Oc1ccc(C(=O)O)cc1. The fourth-order valence-electron chi connectivity index (χ4n) is 1.50. The van der Waals surface area contributed by atoms with Crippen molar-refractivity contribution in [2.24, 2.45) is 0 Å². The van der Waals surface area contributed by atoms with Crippen molar-refractivity contribution in [3.05, 3.63) is 29.8 Å². The lowest BCUT2D eigenvalue weighted by atomic mass is 10.2. The molecule has 0 spiro atoms. The second-order valence-electron chi connectivity index (χ2n) is 3.66. The highest BCUT2D eigenvalue weighted by molar-refractivity contribution is 5.87. The number of benzene rings is 1. The third-order valence-electron chi connectivity index (χ3n) is 2.22. The van der Waals surface area contributed by atoms with Gasteiger partial charge in [0.2, 0.25) is 0 Å². The van der Waals surface area contributed by atoms with Gasteiger partial charge in [0, 0.05) is 6.92 Å². The van der Waals surface area contributed by atoms with Gasteiger partial charge in [0.25, 0.3) is 0 Å². The lowest BCUT2D eigenvalue weighted by Crippen LogP contribution is -2.39. The quantitative estimate of drug-likeness (QED) is 0.757. The molecular weight excluding hydrogens is 236 g/mol. The third kappa shape index (κ3) is 4.01. The number of carboxylic acids is 1.